The van der Waals surface area contributed by atoms with Crippen LogP contribution < -0.4 is 10.5 Å². The van der Waals surface area contributed by atoms with Gasteiger partial charge in [0, 0.05) is 6.04 Å². The molecule has 0 fully saturated rings. The summed E-state index contributed by atoms with van der Waals surface area (Å²) < 4.78 is 43.0. The van der Waals surface area contributed by atoms with Crippen molar-refractivity contribution in [3.8, 4) is 5.75 Å². The number of ether oxygens (including phenoxy) is 1. The number of halogens is 3. The van der Waals surface area contributed by atoms with Crippen LogP contribution in [0.3, 0.4) is 0 Å². The van der Waals surface area contributed by atoms with Crippen molar-refractivity contribution in [3.63, 3.8) is 0 Å². The molecule has 1 aromatic carbocycles. The van der Waals surface area contributed by atoms with Crippen LogP contribution in [0.4, 0.5) is 13.2 Å². The number of methoxy groups -OCH3 is 1. The lowest BCUT2D eigenvalue weighted by Gasteiger charge is -2.20. The van der Waals surface area contributed by atoms with Crippen molar-refractivity contribution in [2.24, 2.45) is 5.73 Å². The van der Waals surface area contributed by atoms with E-state index in [9.17, 15) is 18.3 Å². The zero-order valence-corrected chi connectivity index (χ0v) is 9.45. The number of hydrogen-bond acceptors (Lipinski definition) is 3. The third-order valence-electron chi connectivity index (χ3n) is 2.38. The summed E-state index contributed by atoms with van der Waals surface area (Å²) in [6, 6.07) is 2.42. The van der Waals surface area contributed by atoms with Crippen LogP contribution >= 0.6 is 0 Å². The summed E-state index contributed by atoms with van der Waals surface area (Å²) in [4.78, 5) is 0. The molecule has 3 nitrogen and oxygen atoms in total. The zero-order valence-electron chi connectivity index (χ0n) is 9.45. The molecule has 0 heterocycles. The van der Waals surface area contributed by atoms with E-state index in [1.807, 2.05) is 0 Å². The Morgan fingerprint density at radius 3 is 2.35 bits per heavy atom. The fourth-order valence-electron chi connectivity index (χ4n) is 1.45. The SMILES string of the molecule is COc1ccc(C(F)(F)F)c([C@H](O)[C@@H](C)N)c1. The Bertz CT molecular complexity index is 391. The molecule has 0 aliphatic rings. The predicted molar refractivity (Wildman–Crippen MR) is 56.6 cm³/mol. The summed E-state index contributed by atoms with van der Waals surface area (Å²) in [5, 5.41) is 9.68. The van der Waals surface area contributed by atoms with Crippen LogP contribution in [-0.2, 0) is 6.18 Å². The lowest BCUT2D eigenvalue weighted by Crippen LogP contribution is -2.26. The first-order chi connectivity index (χ1) is 7.77. The van der Waals surface area contributed by atoms with Gasteiger partial charge in [-0.25, -0.2) is 0 Å². The molecule has 6 heteroatoms. The van der Waals surface area contributed by atoms with Gasteiger partial charge in [0.25, 0.3) is 0 Å². The van der Waals surface area contributed by atoms with Crippen LogP contribution in [-0.4, -0.2) is 18.3 Å². The van der Waals surface area contributed by atoms with Crippen molar-refractivity contribution in [3.05, 3.63) is 29.3 Å². The highest BCUT2D eigenvalue weighted by molar-refractivity contribution is 5.39. The largest absolute Gasteiger partial charge is 0.497 e. The Labute approximate surface area is 97.0 Å². The first-order valence-electron chi connectivity index (χ1n) is 4.96. The molecule has 0 aliphatic heterocycles. The average molecular weight is 249 g/mol. The fourth-order valence-corrected chi connectivity index (χ4v) is 1.45. The van der Waals surface area contributed by atoms with Crippen LogP contribution in [0.15, 0.2) is 18.2 Å². The van der Waals surface area contributed by atoms with Gasteiger partial charge < -0.3 is 15.6 Å². The third-order valence-corrected chi connectivity index (χ3v) is 2.38. The minimum absolute atomic E-state index is 0.243. The van der Waals surface area contributed by atoms with Gasteiger partial charge in [-0.1, -0.05) is 0 Å². The molecular formula is C11H14F3NO2. The summed E-state index contributed by atoms with van der Waals surface area (Å²) in [5.74, 6) is 0.243. The molecule has 1 aromatic rings. The molecule has 0 spiro atoms. The lowest BCUT2D eigenvalue weighted by atomic mass is 9.97. The standard InChI is InChI=1S/C11H14F3NO2/c1-6(15)10(16)8-5-7(17-2)3-4-9(8)11(12,13)14/h3-6,10,16H,15H2,1-2H3/t6-,10-/m1/s1. The molecular weight excluding hydrogens is 235 g/mol. The summed E-state index contributed by atoms with van der Waals surface area (Å²) in [5.41, 5.74) is 4.24. The molecule has 96 valence electrons. The van der Waals surface area contributed by atoms with Crippen LogP contribution in [0.2, 0.25) is 0 Å². The lowest BCUT2D eigenvalue weighted by molar-refractivity contribution is -0.139. The van der Waals surface area contributed by atoms with Crippen molar-refractivity contribution in [2.45, 2.75) is 25.2 Å². The number of benzene rings is 1. The van der Waals surface area contributed by atoms with Crippen molar-refractivity contribution >= 4 is 0 Å². The second-order valence-electron chi connectivity index (χ2n) is 3.75. The van der Waals surface area contributed by atoms with Crippen LogP contribution in [0.5, 0.6) is 5.75 Å². The second kappa shape index (κ2) is 4.93. The molecule has 0 aliphatic carbocycles. The maximum Gasteiger partial charge on any atom is 0.416 e. The maximum atomic E-state index is 12.7. The number of nitrogens with two attached hydrogens (primary N) is 1. The van der Waals surface area contributed by atoms with Crippen molar-refractivity contribution in [1.29, 1.82) is 0 Å². The van der Waals surface area contributed by atoms with Crippen molar-refractivity contribution in [1.82, 2.24) is 0 Å². The minimum atomic E-state index is -4.53. The third kappa shape index (κ3) is 3.10. The number of alkyl halides is 3. The minimum Gasteiger partial charge on any atom is -0.497 e. The van der Waals surface area contributed by atoms with E-state index in [1.54, 1.807) is 0 Å². The van der Waals surface area contributed by atoms with Gasteiger partial charge in [0.05, 0.1) is 18.8 Å². The number of aliphatic hydroxyl groups is 1. The van der Waals surface area contributed by atoms with Gasteiger partial charge in [-0.3, -0.25) is 0 Å². The normalized spacial score (nSPS) is 15.5. The van der Waals surface area contributed by atoms with Gasteiger partial charge in [-0.05, 0) is 30.7 Å². The van der Waals surface area contributed by atoms with E-state index in [1.165, 1.54) is 20.1 Å². The average Bonchev–Trinajstić information content (AvgIpc) is 2.25. The number of rotatable bonds is 3. The van der Waals surface area contributed by atoms with E-state index in [0.29, 0.717) is 0 Å². The maximum absolute atomic E-state index is 12.7. The molecule has 0 bridgehead atoms. The van der Waals surface area contributed by atoms with Crippen molar-refractivity contribution < 1.29 is 23.0 Å². The quantitative estimate of drug-likeness (QED) is 0.862. The predicted octanol–water partition coefficient (Wildman–Crippen LogP) is 2.09. The van der Waals surface area contributed by atoms with Gasteiger partial charge >= 0.3 is 6.18 Å². The van der Waals surface area contributed by atoms with E-state index >= 15 is 0 Å². The highest BCUT2D eigenvalue weighted by Gasteiger charge is 2.35. The van der Waals surface area contributed by atoms with Crippen LogP contribution in [0.1, 0.15) is 24.2 Å². The van der Waals surface area contributed by atoms with Gasteiger partial charge in [0.2, 0.25) is 0 Å². The highest BCUT2D eigenvalue weighted by Crippen LogP contribution is 2.37. The number of hydrogen-bond donors (Lipinski definition) is 2. The van der Waals surface area contributed by atoms with E-state index in [2.05, 4.69) is 0 Å². The van der Waals surface area contributed by atoms with Gasteiger partial charge in [-0.15, -0.1) is 0 Å². The van der Waals surface area contributed by atoms with Gasteiger partial charge in [0.1, 0.15) is 5.75 Å². The van der Waals surface area contributed by atoms with Gasteiger partial charge in [0.15, 0.2) is 0 Å². The molecule has 0 saturated heterocycles. The molecule has 0 saturated carbocycles. The molecule has 0 unspecified atom stereocenters. The Morgan fingerprint density at radius 1 is 1.35 bits per heavy atom. The Morgan fingerprint density at radius 2 is 1.94 bits per heavy atom. The second-order valence-corrected chi connectivity index (χ2v) is 3.75. The Balaban J connectivity index is 3.31. The molecule has 0 radical (unpaired) electrons. The molecule has 1 rings (SSSR count). The molecule has 2 atom stereocenters. The summed E-state index contributed by atoms with van der Waals surface area (Å²) in [7, 11) is 1.34. The molecule has 0 aromatic heterocycles. The van der Waals surface area contributed by atoms with Gasteiger partial charge in [-0.2, -0.15) is 13.2 Å². The first kappa shape index (κ1) is 13.8. The highest BCUT2D eigenvalue weighted by atomic mass is 19.4. The molecule has 0 amide bonds. The summed E-state index contributed by atoms with van der Waals surface area (Å²) >= 11 is 0. The Hall–Kier alpha value is -1.27. The summed E-state index contributed by atoms with van der Waals surface area (Å²) in [6.07, 6.45) is -5.92. The smallest absolute Gasteiger partial charge is 0.416 e. The Kier molecular flexibility index (Phi) is 4.00. The van der Waals surface area contributed by atoms with Crippen LogP contribution in [0, 0.1) is 0 Å². The van der Waals surface area contributed by atoms with E-state index in [4.69, 9.17) is 10.5 Å². The molecule has 17 heavy (non-hydrogen) atoms. The summed E-state index contributed by atoms with van der Waals surface area (Å²) in [6.45, 7) is 1.43. The van der Waals surface area contributed by atoms with Crippen molar-refractivity contribution in [2.75, 3.05) is 7.11 Å². The van der Waals surface area contributed by atoms with Crippen LogP contribution in [0.25, 0.3) is 0 Å². The molecule has 3 N–H and O–H groups in total. The van der Waals surface area contributed by atoms with E-state index in [0.717, 1.165) is 12.1 Å². The van der Waals surface area contributed by atoms with E-state index in [-0.39, 0.29) is 11.3 Å². The topological polar surface area (TPSA) is 55.5 Å². The first-order valence-corrected chi connectivity index (χ1v) is 4.96. The fraction of sp³-hybridized carbons (Fsp3) is 0.455. The number of aliphatic hydroxyl groups excluding tert-OH is 1. The van der Waals surface area contributed by atoms with E-state index < -0.39 is 23.9 Å². The monoisotopic (exact) mass is 249 g/mol. The zero-order chi connectivity index (χ0) is 13.2.